The number of amides is 3. The van der Waals surface area contributed by atoms with Gasteiger partial charge >= 0.3 is 12.3 Å². The van der Waals surface area contributed by atoms with Gasteiger partial charge in [0.25, 0.3) is 5.91 Å². The number of hydrazine groups is 1. The van der Waals surface area contributed by atoms with Crippen LogP contribution in [0.1, 0.15) is 27.9 Å². The fraction of sp³-hybridized carbons (Fsp3) is 0.261. The number of hydrogen-bond acceptors (Lipinski definition) is 4. The summed E-state index contributed by atoms with van der Waals surface area (Å²) in [6, 6.07) is 10.3. The Morgan fingerprint density at radius 2 is 1.71 bits per heavy atom. The Kier molecular flexibility index (Phi) is 9.24. The molecule has 0 aromatic heterocycles. The molecule has 0 saturated heterocycles. The molecule has 0 aliphatic rings. The Balaban J connectivity index is 2.21. The quantitative estimate of drug-likeness (QED) is 0.447. The van der Waals surface area contributed by atoms with Gasteiger partial charge in [-0.3, -0.25) is 20.0 Å². The van der Waals surface area contributed by atoms with Gasteiger partial charge < -0.3 is 9.64 Å². The molecule has 0 spiro atoms. The third-order valence-electron chi connectivity index (χ3n) is 4.55. The van der Waals surface area contributed by atoms with Crippen molar-refractivity contribution in [3.05, 3.63) is 76.1 Å². The highest BCUT2D eigenvalue weighted by atomic mass is 35.5. The van der Waals surface area contributed by atoms with Gasteiger partial charge in [-0.2, -0.15) is 13.2 Å². The first-order valence-corrected chi connectivity index (χ1v) is 10.4. The maximum atomic E-state index is 13.3. The summed E-state index contributed by atoms with van der Waals surface area (Å²) in [7, 11) is 3.93. The van der Waals surface area contributed by atoms with E-state index in [1.807, 2.05) is 5.43 Å². The number of alkyl halides is 3. The van der Waals surface area contributed by atoms with Crippen molar-refractivity contribution in [2.75, 3.05) is 21.1 Å². The Bertz CT molecular complexity index is 1110. The lowest BCUT2D eigenvalue weighted by molar-refractivity contribution is -0.138. The monoisotopic (exact) mass is 515 g/mol. The molecule has 0 saturated carbocycles. The van der Waals surface area contributed by atoms with Gasteiger partial charge in [-0.1, -0.05) is 41.9 Å². The molecule has 3 amide bonds. The number of nitrogens with zero attached hydrogens (tertiary/aromatic N) is 2. The summed E-state index contributed by atoms with van der Waals surface area (Å²) >= 11 is 6.31. The van der Waals surface area contributed by atoms with E-state index in [1.54, 1.807) is 30.3 Å². The zero-order valence-electron chi connectivity index (χ0n) is 18.9. The number of hydrogen-bond donors (Lipinski definition) is 1. The number of carbonyl (C=O) groups is 3. The molecule has 1 atom stereocenters. The van der Waals surface area contributed by atoms with E-state index in [-0.39, 0.29) is 11.1 Å². The third-order valence-corrected chi connectivity index (χ3v) is 4.91. The molecule has 2 aromatic rings. The van der Waals surface area contributed by atoms with Crippen LogP contribution in [0.2, 0.25) is 0 Å². The second-order valence-electron chi connectivity index (χ2n) is 7.49. The summed E-state index contributed by atoms with van der Waals surface area (Å²) in [6.07, 6.45) is -6.10. The van der Waals surface area contributed by atoms with Gasteiger partial charge in [0, 0.05) is 21.1 Å². The van der Waals surface area contributed by atoms with E-state index in [0.717, 1.165) is 11.9 Å². The summed E-state index contributed by atoms with van der Waals surface area (Å²) in [5.41, 5.74) is 0.291. The van der Waals surface area contributed by atoms with Gasteiger partial charge in [-0.25, -0.2) is 9.18 Å². The van der Waals surface area contributed by atoms with Crippen LogP contribution >= 0.6 is 11.6 Å². The van der Waals surface area contributed by atoms with E-state index in [9.17, 15) is 31.9 Å². The molecule has 0 aliphatic carbocycles. The van der Waals surface area contributed by atoms with Crippen LogP contribution in [-0.2, 0) is 15.7 Å². The molecule has 0 bridgehead atoms. The molecule has 35 heavy (non-hydrogen) atoms. The number of rotatable bonds is 6. The van der Waals surface area contributed by atoms with Gasteiger partial charge in [0.15, 0.2) is 0 Å². The molecule has 2 rings (SSSR count). The van der Waals surface area contributed by atoms with Crippen LogP contribution in [0.4, 0.5) is 22.4 Å². The van der Waals surface area contributed by atoms with E-state index >= 15 is 0 Å². The number of benzene rings is 2. The molecule has 12 heteroatoms. The van der Waals surface area contributed by atoms with Gasteiger partial charge in [0.2, 0.25) is 5.91 Å². The molecule has 1 unspecified atom stereocenters. The van der Waals surface area contributed by atoms with Gasteiger partial charge in [-0.05, 0) is 29.8 Å². The average molecular weight is 516 g/mol. The molecule has 2 aromatic carbocycles. The third kappa shape index (κ3) is 7.99. The predicted molar refractivity (Wildman–Crippen MR) is 120 cm³/mol. The lowest BCUT2D eigenvalue weighted by Crippen LogP contribution is -2.45. The molecule has 1 N–H and O–H groups in total. The summed E-state index contributed by atoms with van der Waals surface area (Å²) in [4.78, 5) is 38.3. The van der Waals surface area contributed by atoms with Crippen LogP contribution < -0.4 is 5.43 Å². The summed E-state index contributed by atoms with van der Waals surface area (Å²) < 4.78 is 58.2. The first-order chi connectivity index (χ1) is 16.3. The molecule has 0 fully saturated rings. The number of nitrogens with one attached hydrogen (secondary N) is 1. The van der Waals surface area contributed by atoms with Gasteiger partial charge in [-0.15, -0.1) is 0 Å². The van der Waals surface area contributed by atoms with Crippen LogP contribution in [0, 0.1) is 5.82 Å². The Labute approximate surface area is 203 Å². The summed E-state index contributed by atoms with van der Waals surface area (Å²) in [5, 5.41) is 0.632. The van der Waals surface area contributed by atoms with Gasteiger partial charge in [0.1, 0.15) is 11.9 Å². The fourth-order valence-electron chi connectivity index (χ4n) is 2.74. The second kappa shape index (κ2) is 11.7. The lowest BCUT2D eigenvalue weighted by Gasteiger charge is -2.24. The number of ether oxygens (including phenoxy) is 1. The van der Waals surface area contributed by atoms with E-state index in [4.69, 9.17) is 16.3 Å². The first kappa shape index (κ1) is 27.6. The van der Waals surface area contributed by atoms with Crippen molar-refractivity contribution in [1.82, 2.24) is 15.3 Å². The molecule has 0 aliphatic heterocycles. The number of carbonyl (C=O) groups excluding carboxylic acids is 3. The normalized spacial score (nSPS) is 12.5. The van der Waals surface area contributed by atoms with Crippen molar-refractivity contribution in [2.45, 2.75) is 18.7 Å². The standard InChI is InChI=1S/C23H22ClF4N3O4/c1-30(2)22(34)35-19(18(24)11-14-7-5-4-6-8-14)13-20(32)31(3)29-21(33)16-10-9-15(25)12-17(16)23(26,27)28/h4-12,19H,13H2,1-3H3,(H,29,33). The summed E-state index contributed by atoms with van der Waals surface area (Å²) in [6.45, 7) is 0. The predicted octanol–water partition coefficient (Wildman–Crippen LogP) is 4.68. The first-order valence-electron chi connectivity index (χ1n) is 10.0. The van der Waals surface area contributed by atoms with Crippen LogP contribution in [-0.4, -0.2) is 55.1 Å². The Morgan fingerprint density at radius 3 is 2.29 bits per heavy atom. The average Bonchev–Trinajstić information content (AvgIpc) is 2.78. The van der Waals surface area contributed by atoms with Crippen molar-refractivity contribution >= 4 is 35.6 Å². The van der Waals surface area contributed by atoms with Crippen molar-refractivity contribution < 1.29 is 36.7 Å². The van der Waals surface area contributed by atoms with Crippen molar-refractivity contribution in [2.24, 2.45) is 0 Å². The Hall–Kier alpha value is -3.60. The minimum absolute atomic E-state index is 0.00244. The smallest absolute Gasteiger partial charge is 0.417 e. The molecular formula is C23H22ClF4N3O4. The maximum absolute atomic E-state index is 13.3. The van der Waals surface area contributed by atoms with Crippen LogP contribution in [0.3, 0.4) is 0 Å². The highest BCUT2D eigenvalue weighted by molar-refractivity contribution is 6.32. The second-order valence-corrected chi connectivity index (χ2v) is 7.93. The minimum Gasteiger partial charge on any atom is -0.440 e. The maximum Gasteiger partial charge on any atom is 0.417 e. The molecule has 188 valence electrons. The minimum atomic E-state index is -5.00. The zero-order chi connectivity index (χ0) is 26.3. The zero-order valence-corrected chi connectivity index (χ0v) is 19.7. The van der Waals surface area contributed by atoms with Crippen molar-refractivity contribution in [3.63, 3.8) is 0 Å². The molecule has 0 radical (unpaired) electrons. The SMILES string of the molecule is CN(C)C(=O)OC(CC(=O)N(C)NC(=O)c1ccc(F)cc1C(F)(F)F)C(Cl)=Cc1ccccc1. The van der Waals surface area contributed by atoms with Crippen molar-refractivity contribution in [3.8, 4) is 0 Å². The van der Waals surface area contributed by atoms with E-state index in [1.165, 1.54) is 20.2 Å². The highest BCUT2D eigenvalue weighted by Gasteiger charge is 2.36. The largest absolute Gasteiger partial charge is 0.440 e. The van der Waals surface area contributed by atoms with Crippen LogP contribution in [0.5, 0.6) is 0 Å². The summed E-state index contributed by atoms with van der Waals surface area (Å²) in [5.74, 6) is -3.30. The van der Waals surface area contributed by atoms with E-state index in [0.29, 0.717) is 22.7 Å². The molecule has 7 nitrogen and oxygen atoms in total. The van der Waals surface area contributed by atoms with Crippen molar-refractivity contribution in [1.29, 1.82) is 0 Å². The fourth-order valence-corrected chi connectivity index (χ4v) is 2.99. The Morgan fingerprint density at radius 1 is 1.09 bits per heavy atom. The topological polar surface area (TPSA) is 79.0 Å². The lowest BCUT2D eigenvalue weighted by atomic mass is 10.1. The highest BCUT2D eigenvalue weighted by Crippen LogP contribution is 2.32. The van der Waals surface area contributed by atoms with Crippen LogP contribution in [0.25, 0.3) is 6.08 Å². The molecular weight excluding hydrogens is 494 g/mol. The molecule has 0 heterocycles. The van der Waals surface area contributed by atoms with E-state index in [2.05, 4.69) is 0 Å². The van der Waals surface area contributed by atoms with E-state index < -0.39 is 53.6 Å². The van der Waals surface area contributed by atoms with Gasteiger partial charge in [0.05, 0.1) is 22.6 Å². The number of halogens is 5. The van der Waals surface area contributed by atoms with Crippen LogP contribution in [0.15, 0.2) is 53.6 Å².